The number of nitrogens with one attached hydrogen (secondary N) is 1. The summed E-state index contributed by atoms with van der Waals surface area (Å²) >= 11 is 3.39. The fraction of sp³-hybridized carbons (Fsp3) is 0.438. The number of aliphatic hydroxyl groups excluding tert-OH is 1. The number of halogens is 1. The first-order valence-electron chi connectivity index (χ1n) is 6.68. The molecule has 0 aliphatic carbocycles. The largest absolute Gasteiger partial charge is 0.396 e. The highest BCUT2D eigenvalue weighted by molar-refractivity contribution is 9.10. The summed E-state index contributed by atoms with van der Waals surface area (Å²) in [6, 6.07) is 7.69. The van der Waals surface area contributed by atoms with Crippen LogP contribution in [0.5, 0.6) is 0 Å². The molecule has 110 valence electrons. The van der Waals surface area contributed by atoms with Gasteiger partial charge in [0.05, 0.1) is 0 Å². The van der Waals surface area contributed by atoms with Crippen molar-refractivity contribution in [3.05, 3.63) is 40.4 Å². The van der Waals surface area contributed by atoms with Gasteiger partial charge in [0, 0.05) is 23.2 Å². The van der Waals surface area contributed by atoms with Gasteiger partial charge in [0.15, 0.2) is 0 Å². The molecule has 1 unspecified atom stereocenters. The molecule has 1 rings (SSSR count). The molecule has 0 saturated carbocycles. The van der Waals surface area contributed by atoms with Crippen LogP contribution in [0.3, 0.4) is 0 Å². The fourth-order valence-corrected chi connectivity index (χ4v) is 2.27. The lowest BCUT2D eigenvalue weighted by Gasteiger charge is -2.30. The molecule has 0 heterocycles. The summed E-state index contributed by atoms with van der Waals surface area (Å²) in [6.45, 7) is 6.21. The zero-order chi connectivity index (χ0) is 15.2. The van der Waals surface area contributed by atoms with Crippen LogP contribution >= 0.6 is 15.9 Å². The average molecular weight is 340 g/mol. The summed E-state index contributed by atoms with van der Waals surface area (Å²) < 4.78 is 0.980. The second-order valence-electron chi connectivity index (χ2n) is 5.83. The van der Waals surface area contributed by atoms with Crippen LogP contribution in [0, 0.1) is 5.41 Å². The summed E-state index contributed by atoms with van der Waals surface area (Å²) in [5, 5.41) is 12.0. The van der Waals surface area contributed by atoms with E-state index in [1.807, 2.05) is 45.0 Å². The van der Waals surface area contributed by atoms with Gasteiger partial charge in [0.2, 0.25) is 5.91 Å². The molecular formula is C16H22BrNO2. The maximum atomic E-state index is 11.9. The quantitative estimate of drug-likeness (QED) is 0.808. The molecule has 4 heteroatoms. The number of amides is 1. The van der Waals surface area contributed by atoms with Crippen LogP contribution in [0.2, 0.25) is 0 Å². The van der Waals surface area contributed by atoms with E-state index in [0.717, 1.165) is 10.0 Å². The molecule has 0 aromatic heterocycles. The van der Waals surface area contributed by atoms with Crippen molar-refractivity contribution in [1.29, 1.82) is 0 Å². The minimum absolute atomic E-state index is 0.0489. The van der Waals surface area contributed by atoms with Crippen LogP contribution in [0.25, 0.3) is 6.08 Å². The van der Waals surface area contributed by atoms with Gasteiger partial charge in [-0.2, -0.15) is 0 Å². The maximum Gasteiger partial charge on any atom is 0.244 e. The number of carbonyl (C=O) groups excluding carboxylic acids is 1. The van der Waals surface area contributed by atoms with Gasteiger partial charge in [0.25, 0.3) is 0 Å². The van der Waals surface area contributed by atoms with Gasteiger partial charge in [-0.15, -0.1) is 0 Å². The number of benzene rings is 1. The molecule has 0 fully saturated rings. The maximum absolute atomic E-state index is 11.9. The Labute approximate surface area is 129 Å². The van der Waals surface area contributed by atoms with Gasteiger partial charge < -0.3 is 10.4 Å². The van der Waals surface area contributed by atoms with Crippen molar-refractivity contribution in [3.8, 4) is 0 Å². The Morgan fingerprint density at radius 2 is 2.15 bits per heavy atom. The highest BCUT2D eigenvalue weighted by Crippen LogP contribution is 2.21. The zero-order valence-corrected chi connectivity index (χ0v) is 13.8. The number of carbonyl (C=O) groups is 1. The lowest BCUT2D eigenvalue weighted by atomic mass is 9.85. The Morgan fingerprint density at radius 3 is 2.70 bits per heavy atom. The minimum Gasteiger partial charge on any atom is -0.396 e. The molecule has 1 aromatic carbocycles. The summed E-state index contributed by atoms with van der Waals surface area (Å²) in [4.78, 5) is 11.9. The predicted octanol–water partition coefficient (Wildman–Crippen LogP) is 3.38. The first kappa shape index (κ1) is 16.9. The Balaban J connectivity index is 2.66. The number of rotatable bonds is 5. The van der Waals surface area contributed by atoms with Crippen molar-refractivity contribution in [3.63, 3.8) is 0 Å². The molecule has 1 aromatic rings. The van der Waals surface area contributed by atoms with Crippen molar-refractivity contribution in [2.24, 2.45) is 5.41 Å². The summed E-state index contributed by atoms with van der Waals surface area (Å²) in [5.41, 5.74) is 0.881. The molecule has 1 amide bonds. The molecule has 0 aliphatic rings. The van der Waals surface area contributed by atoms with Crippen LogP contribution in [-0.4, -0.2) is 23.7 Å². The van der Waals surface area contributed by atoms with E-state index in [4.69, 9.17) is 5.11 Å². The van der Waals surface area contributed by atoms with Gasteiger partial charge in [-0.25, -0.2) is 0 Å². The molecule has 2 N–H and O–H groups in total. The molecule has 0 spiro atoms. The van der Waals surface area contributed by atoms with E-state index in [-0.39, 0.29) is 24.0 Å². The van der Waals surface area contributed by atoms with Gasteiger partial charge in [-0.05, 0) is 35.6 Å². The SMILES string of the molecule is CC(C)(C)C(CCO)NC(=O)/C=C/c1cccc(Br)c1. The zero-order valence-electron chi connectivity index (χ0n) is 12.2. The summed E-state index contributed by atoms with van der Waals surface area (Å²) in [7, 11) is 0. The number of hydrogen-bond acceptors (Lipinski definition) is 2. The minimum atomic E-state index is -0.140. The third kappa shape index (κ3) is 5.88. The Morgan fingerprint density at radius 1 is 1.45 bits per heavy atom. The van der Waals surface area contributed by atoms with Crippen molar-refractivity contribution in [2.75, 3.05) is 6.61 Å². The van der Waals surface area contributed by atoms with Crippen LogP contribution in [-0.2, 0) is 4.79 Å². The monoisotopic (exact) mass is 339 g/mol. The third-order valence-electron chi connectivity index (χ3n) is 3.06. The normalized spacial score (nSPS) is 13.4. The van der Waals surface area contributed by atoms with Crippen LogP contribution in [0.4, 0.5) is 0 Å². The molecular weight excluding hydrogens is 318 g/mol. The van der Waals surface area contributed by atoms with E-state index < -0.39 is 0 Å². The highest BCUT2D eigenvalue weighted by atomic mass is 79.9. The molecule has 1 atom stereocenters. The van der Waals surface area contributed by atoms with Gasteiger partial charge in [-0.1, -0.05) is 48.8 Å². The number of aliphatic hydroxyl groups is 1. The summed E-state index contributed by atoms with van der Waals surface area (Å²) in [5.74, 6) is -0.140. The Bertz CT molecular complexity index is 478. The van der Waals surface area contributed by atoms with Crippen molar-refractivity contribution < 1.29 is 9.90 Å². The standard InChI is InChI=1S/C16H22BrNO2/c1-16(2,3)14(9-10-19)18-15(20)8-7-12-5-4-6-13(17)11-12/h4-8,11,14,19H,9-10H2,1-3H3,(H,18,20)/b8-7+. The van der Waals surface area contributed by atoms with E-state index >= 15 is 0 Å². The first-order chi connectivity index (χ1) is 9.32. The third-order valence-corrected chi connectivity index (χ3v) is 3.55. The highest BCUT2D eigenvalue weighted by Gasteiger charge is 2.24. The Hall–Kier alpha value is -1.13. The molecule has 0 radical (unpaired) electrons. The lowest BCUT2D eigenvalue weighted by Crippen LogP contribution is -2.43. The van der Waals surface area contributed by atoms with Crippen molar-refractivity contribution >= 4 is 27.9 Å². The number of hydrogen-bond donors (Lipinski definition) is 2. The smallest absolute Gasteiger partial charge is 0.244 e. The van der Waals surface area contributed by atoms with Crippen LogP contribution in [0.1, 0.15) is 32.8 Å². The van der Waals surface area contributed by atoms with Crippen LogP contribution in [0.15, 0.2) is 34.8 Å². The molecule has 0 aliphatic heterocycles. The predicted molar refractivity (Wildman–Crippen MR) is 86.3 cm³/mol. The summed E-state index contributed by atoms with van der Waals surface area (Å²) in [6.07, 6.45) is 3.86. The second-order valence-corrected chi connectivity index (χ2v) is 6.74. The second kappa shape index (κ2) is 7.60. The van der Waals surface area contributed by atoms with Crippen molar-refractivity contribution in [2.45, 2.75) is 33.2 Å². The first-order valence-corrected chi connectivity index (χ1v) is 7.47. The van der Waals surface area contributed by atoms with Crippen molar-refractivity contribution in [1.82, 2.24) is 5.32 Å². The lowest BCUT2D eigenvalue weighted by molar-refractivity contribution is -0.118. The van der Waals surface area contributed by atoms with E-state index in [1.54, 1.807) is 6.08 Å². The average Bonchev–Trinajstić information content (AvgIpc) is 2.35. The van der Waals surface area contributed by atoms with E-state index in [1.165, 1.54) is 6.08 Å². The topological polar surface area (TPSA) is 49.3 Å². The fourth-order valence-electron chi connectivity index (χ4n) is 1.85. The molecule has 3 nitrogen and oxygen atoms in total. The van der Waals surface area contributed by atoms with E-state index in [2.05, 4.69) is 21.2 Å². The van der Waals surface area contributed by atoms with E-state index in [0.29, 0.717) is 6.42 Å². The molecule has 20 heavy (non-hydrogen) atoms. The van der Waals surface area contributed by atoms with Crippen LogP contribution < -0.4 is 5.32 Å². The Kier molecular flexibility index (Phi) is 6.43. The molecule has 0 bridgehead atoms. The van der Waals surface area contributed by atoms with E-state index in [9.17, 15) is 4.79 Å². The van der Waals surface area contributed by atoms with Gasteiger partial charge in [-0.3, -0.25) is 4.79 Å². The van der Waals surface area contributed by atoms with Gasteiger partial charge >= 0.3 is 0 Å². The molecule has 0 saturated heterocycles. The van der Waals surface area contributed by atoms with Gasteiger partial charge in [0.1, 0.15) is 0 Å².